The molecule has 0 aliphatic carbocycles. The number of rotatable bonds is 4. The van der Waals surface area contributed by atoms with Crippen LogP contribution in [0.1, 0.15) is 32.6 Å². The SMILES string of the molecule is CCCCCC#CC(O)CO. The van der Waals surface area contributed by atoms with E-state index in [4.69, 9.17) is 10.2 Å². The van der Waals surface area contributed by atoms with Crippen LogP contribution in [-0.2, 0) is 0 Å². The van der Waals surface area contributed by atoms with E-state index in [1.165, 1.54) is 12.8 Å². The summed E-state index contributed by atoms with van der Waals surface area (Å²) in [4.78, 5) is 0. The van der Waals surface area contributed by atoms with Crippen LogP contribution >= 0.6 is 0 Å². The minimum absolute atomic E-state index is 0.263. The highest BCUT2D eigenvalue weighted by atomic mass is 16.3. The van der Waals surface area contributed by atoms with Crippen molar-refractivity contribution in [2.45, 2.75) is 38.7 Å². The Bertz CT molecular complexity index is 132. The van der Waals surface area contributed by atoms with Crippen LogP contribution in [0.3, 0.4) is 0 Å². The zero-order valence-corrected chi connectivity index (χ0v) is 7.01. The first-order chi connectivity index (χ1) is 5.31. The van der Waals surface area contributed by atoms with E-state index >= 15 is 0 Å². The smallest absolute Gasteiger partial charge is 0.137 e. The van der Waals surface area contributed by atoms with Gasteiger partial charge in [-0.1, -0.05) is 25.7 Å². The number of unbranched alkanes of at least 4 members (excludes halogenated alkanes) is 3. The summed E-state index contributed by atoms with van der Waals surface area (Å²) in [6, 6.07) is 0. The van der Waals surface area contributed by atoms with E-state index in [1.807, 2.05) is 0 Å². The summed E-state index contributed by atoms with van der Waals surface area (Å²) < 4.78 is 0. The third kappa shape index (κ3) is 7.38. The van der Waals surface area contributed by atoms with Crippen molar-refractivity contribution in [2.24, 2.45) is 0 Å². The molecule has 0 fully saturated rings. The fraction of sp³-hybridized carbons (Fsp3) is 0.778. The van der Waals surface area contributed by atoms with Gasteiger partial charge >= 0.3 is 0 Å². The summed E-state index contributed by atoms with van der Waals surface area (Å²) in [5, 5.41) is 17.2. The highest BCUT2D eigenvalue weighted by Gasteiger charge is 1.91. The van der Waals surface area contributed by atoms with Crippen molar-refractivity contribution >= 4 is 0 Å². The summed E-state index contributed by atoms with van der Waals surface area (Å²) in [6.45, 7) is 1.87. The highest BCUT2D eigenvalue weighted by Crippen LogP contribution is 1.96. The molecule has 0 spiro atoms. The molecule has 2 N–H and O–H groups in total. The Hall–Kier alpha value is -0.520. The van der Waals surface area contributed by atoms with E-state index in [-0.39, 0.29) is 6.61 Å². The first-order valence-corrected chi connectivity index (χ1v) is 4.08. The lowest BCUT2D eigenvalue weighted by Crippen LogP contribution is -2.07. The Kier molecular flexibility index (Phi) is 7.23. The van der Waals surface area contributed by atoms with Gasteiger partial charge in [0.2, 0.25) is 0 Å². The first-order valence-electron chi connectivity index (χ1n) is 4.08. The summed E-state index contributed by atoms with van der Waals surface area (Å²) in [7, 11) is 0. The molecule has 0 saturated heterocycles. The van der Waals surface area contributed by atoms with Gasteiger partial charge in [-0.2, -0.15) is 0 Å². The molecular formula is C9H16O2. The molecule has 0 aromatic carbocycles. The molecule has 0 saturated carbocycles. The summed E-state index contributed by atoms with van der Waals surface area (Å²) >= 11 is 0. The van der Waals surface area contributed by atoms with Crippen molar-refractivity contribution in [1.82, 2.24) is 0 Å². The molecule has 0 aromatic rings. The van der Waals surface area contributed by atoms with E-state index in [1.54, 1.807) is 0 Å². The normalized spacial score (nSPS) is 11.9. The molecular weight excluding hydrogens is 140 g/mol. The van der Waals surface area contributed by atoms with E-state index in [2.05, 4.69) is 18.8 Å². The quantitative estimate of drug-likeness (QED) is 0.469. The lowest BCUT2D eigenvalue weighted by molar-refractivity contribution is 0.138. The molecule has 1 unspecified atom stereocenters. The number of aliphatic hydroxyl groups is 2. The molecule has 64 valence electrons. The molecule has 0 aliphatic heterocycles. The van der Waals surface area contributed by atoms with Gasteiger partial charge in [-0.25, -0.2) is 0 Å². The van der Waals surface area contributed by atoms with Gasteiger partial charge < -0.3 is 10.2 Å². The predicted octanol–water partition coefficient (Wildman–Crippen LogP) is 0.923. The molecule has 0 radical (unpaired) electrons. The van der Waals surface area contributed by atoms with Gasteiger partial charge in [0.05, 0.1) is 6.61 Å². The van der Waals surface area contributed by atoms with Crippen LogP contribution in [0.5, 0.6) is 0 Å². The van der Waals surface area contributed by atoms with Crippen LogP contribution in [0.25, 0.3) is 0 Å². The van der Waals surface area contributed by atoms with Gasteiger partial charge in [-0.05, 0) is 6.42 Å². The molecule has 2 heteroatoms. The Morgan fingerprint density at radius 3 is 2.64 bits per heavy atom. The monoisotopic (exact) mass is 156 g/mol. The maximum Gasteiger partial charge on any atom is 0.137 e. The third-order valence-electron chi connectivity index (χ3n) is 1.35. The van der Waals surface area contributed by atoms with Gasteiger partial charge in [0.15, 0.2) is 0 Å². The van der Waals surface area contributed by atoms with Crippen molar-refractivity contribution in [2.75, 3.05) is 6.61 Å². The average Bonchev–Trinajstić information content (AvgIpc) is 2.04. The summed E-state index contributed by atoms with van der Waals surface area (Å²) in [5.74, 6) is 5.36. The second kappa shape index (κ2) is 7.59. The van der Waals surface area contributed by atoms with E-state index in [9.17, 15) is 0 Å². The maximum atomic E-state index is 8.79. The minimum atomic E-state index is -0.850. The van der Waals surface area contributed by atoms with Crippen molar-refractivity contribution < 1.29 is 10.2 Å². The minimum Gasteiger partial charge on any atom is -0.393 e. The topological polar surface area (TPSA) is 40.5 Å². The van der Waals surface area contributed by atoms with Gasteiger partial charge in [0.1, 0.15) is 6.10 Å². The van der Waals surface area contributed by atoms with Crippen molar-refractivity contribution in [3.63, 3.8) is 0 Å². The van der Waals surface area contributed by atoms with Gasteiger partial charge in [-0.15, -0.1) is 5.92 Å². The molecule has 0 heterocycles. The molecule has 11 heavy (non-hydrogen) atoms. The molecule has 1 atom stereocenters. The Balaban J connectivity index is 3.25. The number of hydrogen-bond donors (Lipinski definition) is 2. The number of aliphatic hydroxyl groups excluding tert-OH is 2. The molecule has 0 aromatic heterocycles. The van der Waals surface area contributed by atoms with E-state index in [0.29, 0.717) is 0 Å². The molecule has 0 aliphatic rings. The van der Waals surface area contributed by atoms with Crippen molar-refractivity contribution in [3.8, 4) is 11.8 Å². The van der Waals surface area contributed by atoms with Gasteiger partial charge in [0.25, 0.3) is 0 Å². The Labute approximate surface area is 68.2 Å². The third-order valence-corrected chi connectivity index (χ3v) is 1.35. The van der Waals surface area contributed by atoms with Crippen LogP contribution in [0.4, 0.5) is 0 Å². The van der Waals surface area contributed by atoms with Crippen LogP contribution in [-0.4, -0.2) is 22.9 Å². The van der Waals surface area contributed by atoms with E-state index in [0.717, 1.165) is 12.8 Å². The van der Waals surface area contributed by atoms with Crippen LogP contribution in [0, 0.1) is 11.8 Å². The predicted molar refractivity (Wildman–Crippen MR) is 45.0 cm³/mol. The molecule has 0 rings (SSSR count). The van der Waals surface area contributed by atoms with Gasteiger partial charge in [-0.3, -0.25) is 0 Å². The lowest BCUT2D eigenvalue weighted by Gasteiger charge is -1.93. The molecule has 2 nitrogen and oxygen atoms in total. The second-order valence-corrected chi connectivity index (χ2v) is 2.48. The van der Waals surface area contributed by atoms with Crippen LogP contribution < -0.4 is 0 Å². The standard InChI is InChI=1S/C9H16O2/c1-2-3-4-5-6-7-9(11)8-10/h9-11H,2-5,8H2,1H3. The maximum absolute atomic E-state index is 8.79. The summed E-state index contributed by atoms with van der Waals surface area (Å²) in [5.41, 5.74) is 0. The largest absolute Gasteiger partial charge is 0.393 e. The first kappa shape index (κ1) is 10.5. The zero-order valence-electron chi connectivity index (χ0n) is 7.01. The molecule has 0 bridgehead atoms. The van der Waals surface area contributed by atoms with Gasteiger partial charge in [0, 0.05) is 6.42 Å². The highest BCUT2D eigenvalue weighted by molar-refractivity contribution is 5.04. The number of hydrogen-bond acceptors (Lipinski definition) is 2. The Morgan fingerprint density at radius 1 is 1.36 bits per heavy atom. The van der Waals surface area contributed by atoms with Crippen molar-refractivity contribution in [3.05, 3.63) is 0 Å². The van der Waals surface area contributed by atoms with Crippen LogP contribution in [0.15, 0.2) is 0 Å². The zero-order chi connectivity index (χ0) is 8.53. The fourth-order valence-corrected chi connectivity index (χ4v) is 0.699. The second-order valence-electron chi connectivity index (χ2n) is 2.48. The lowest BCUT2D eigenvalue weighted by atomic mass is 10.2. The molecule has 0 amide bonds. The average molecular weight is 156 g/mol. The summed E-state index contributed by atoms with van der Waals surface area (Å²) in [6.07, 6.45) is 3.43. The van der Waals surface area contributed by atoms with Crippen LogP contribution in [0.2, 0.25) is 0 Å². The van der Waals surface area contributed by atoms with E-state index < -0.39 is 6.10 Å². The van der Waals surface area contributed by atoms with Crippen molar-refractivity contribution in [1.29, 1.82) is 0 Å². The fourth-order valence-electron chi connectivity index (χ4n) is 0.699. The Morgan fingerprint density at radius 2 is 2.09 bits per heavy atom.